The summed E-state index contributed by atoms with van der Waals surface area (Å²) in [5, 5.41) is 9.38. The Hall–Kier alpha value is -0.0300. The number of hydrogen-bond acceptors (Lipinski definition) is 3. The van der Waals surface area contributed by atoms with Crippen molar-refractivity contribution >= 4 is 27.7 Å². The molecule has 1 aliphatic carbocycles. The summed E-state index contributed by atoms with van der Waals surface area (Å²) in [6, 6.07) is 8.17. The van der Waals surface area contributed by atoms with E-state index in [-0.39, 0.29) is 6.61 Å². The summed E-state index contributed by atoms with van der Waals surface area (Å²) < 4.78 is 1.08. The molecule has 1 fully saturated rings. The molecule has 3 N–H and O–H groups in total. The van der Waals surface area contributed by atoms with Crippen molar-refractivity contribution in [3.8, 4) is 0 Å². The van der Waals surface area contributed by atoms with Gasteiger partial charge in [-0.25, -0.2) is 0 Å². The van der Waals surface area contributed by atoms with Gasteiger partial charge in [-0.3, -0.25) is 0 Å². The smallest absolute Gasteiger partial charge is 0.0622 e. The Morgan fingerprint density at radius 2 is 2.25 bits per heavy atom. The van der Waals surface area contributed by atoms with E-state index in [0.717, 1.165) is 23.1 Å². The molecule has 1 atom stereocenters. The van der Waals surface area contributed by atoms with Crippen molar-refractivity contribution in [3.05, 3.63) is 28.7 Å². The molecule has 0 radical (unpaired) electrons. The zero-order chi connectivity index (χ0) is 11.6. The molecule has 2 nitrogen and oxygen atoms in total. The summed E-state index contributed by atoms with van der Waals surface area (Å²) in [6.45, 7) is 0.0820. The quantitative estimate of drug-likeness (QED) is 0.822. The van der Waals surface area contributed by atoms with Gasteiger partial charge in [0.15, 0.2) is 0 Å². The van der Waals surface area contributed by atoms with Crippen LogP contribution in [0, 0.1) is 5.92 Å². The maximum Gasteiger partial charge on any atom is 0.0622 e. The predicted molar refractivity (Wildman–Crippen MR) is 71.6 cm³/mol. The van der Waals surface area contributed by atoms with Crippen molar-refractivity contribution in [3.63, 3.8) is 0 Å². The monoisotopic (exact) mass is 301 g/mol. The fourth-order valence-electron chi connectivity index (χ4n) is 1.73. The summed E-state index contributed by atoms with van der Waals surface area (Å²) in [7, 11) is 0. The van der Waals surface area contributed by atoms with Gasteiger partial charge in [-0.15, -0.1) is 11.8 Å². The van der Waals surface area contributed by atoms with Crippen LogP contribution in [0.5, 0.6) is 0 Å². The third kappa shape index (κ3) is 3.00. The minimum absolute atomic E-state index is 0.0820. The lowest BCUT2D eigenvalue weighted by Crippen LogP contribution is -2.48. The van der Waals surface area contributed by atoms with Gasteiger partial charge >= 0.3 is 0 Å². The van der Waals surface area contributed by atoms with Crippen molar-refractivity contribution in [1.29, 1.82) is 0 Å². The zero-order valence-corrected chi connectivity index (χ0v) is 11.4. The normalized spacial score (nSPS) is 19.4. The summed E-state index contributed by atoms with van der Waals surface area (Å²) in [6.07, 6.45) is 2.33. The van der Waals surface area contributed by atoms with E-state index in [1.54, 1.807) is 11.8 Å². The van der Waals surface area contributed by atoms with Crippen LogP contribution in [0.4, 0.5) is 0 Å². The number of halogens is 1. The van der Waals surface area contributed by atoms with Gasteiger partial charge in [0.2, 0.25) is 0 Å². The van der Waals surface area contributed by atoms with Crippen molar-refractivity contribution in [1.82, 2.24) is 0 Å². The van der Waals surface area contributed by atoms with Crippen LogP contribution in [0.1, 0.15) is 12.8 Å². The van der Waals surface area contributed by atoms with Crippen molar-refractivity contribution in [2.75, 3.05) is 12.4 Å². The first-order valence-corrected chi connectivity index (χ1v) is 7.20. The lowest BCUT2D eigenvalue weighted by atomic mass is 9.99. The van der Waals surface area contributed by atoms with Gasteiger partial charge in [0, 0.05) is 15.1 Å². The number of benzene rings is 1. The maximum absolute atomic E-state index is 9.38. The van der Waals surface area contributed by atoms with E-state index in [9.17, 15) is 5.11 Å². The Balaban J connectivity index is 1.95. The minimum Gasteiger partial charge on any atom is -0.394 e. The van der Waals surface area contributed by atoms with Crippen LogP contribution in [0.3, 0.4) is 0 Å². The van der Waals surface area contributed by atoms with Crippen LogP contribution >= 0.6 is 27.7 Å². The Kier molecular flexibility index (Phi) is 3.95. The highest BCUT2D eigenvalue weighted by atomic mass is 79.9. The predicted octanol–water partition coefficient (Wildman–Crippen LogP) is 2.64. The fourth-order valence-corrected chi connectivity index (χ4v) is 3.42. The molecule has 0 spiro atoms. The molecule has 4 heteroatoms. The maximum atomic E-state index is 9.38. The summed E-state index contributed by atoms with van der Waals surface area (Å²) in [4.78, 5) is 1.19. The highest BCUT2D eigenvalue weighted by Gasteiger charge is 2.41. The van der Waals surface area contributed by atoms with Gasteiger partial charge in [-0.1, -0.05) is 22.0 Å². The first-order valence-electron chi connectivity index (χ1n) is 5.42. The molecule has 2 rings (SSSR count). The highest BCUT2D eigenvalue weighted by Crippen LogP contribution is 2.40. The van der Waals surface area contributed by atoms with Gasteiger partial charge in [-0.2, -0.15) is 0 Å². The Labute approximate surface area is 109 Å². The molecule has 1 unspecified atom stereocenters. The summed E-state index contributed by atoms with van der Waals surface area (Å²) >= 11 is 5.17. The van der Waals surface area contributed by atoms with Gasteiger partial charge in [-0.05, 0) is 37.0 Å². The standard InChI is InChI=1S/C12H16BrNOS/c13-10-2-1-3-11(6-10)16-8-12(14,7-15)9-4-5-9/h1-3,6,9,15H,4-5,7-8,14H2. The van der Waals surface area contributed by atoms with Crippen LogP contribution in [-0.2, 0) is 0 Å². The number of nitrogens with two attached hydrogens (primary N) is 1. The molecular weight excluding hydrogens is 286 g/mol. The number of rotatable bonds is 5. The van der Waals surface area contributed by atoms with Crippen LogP contribution in [-0.4, -0.2) is 23.0 Å². The molecule has 88 valence electrons. The minimum atomic E-state index is -0.396. The second kappa shape index (κ2) is 5.08. The van der Waals surface area contributed by atoms with Crippen LogP contribution < -0.4 is 5.73 Å². The second-order valence-electron chi connectivity index (χ2n) is 4.41. The van der Waals surface area contributed by atoms with Crippen molar-refractivity contribution < 1.29 is 5.11 Å². The van der Waals surface area contributed by atoms with Crippen molar-refractivity contribution in [2.24, 2.45) is 11.7 Å². The van der Waals surface area contributed by atoms with E-state index >= 15 is 0 Å². The first kappa shape index (κ1) is 12.4. The molecule has 0 bridgehead atoms. The third-order valence-corrected chi connectivity index (χ3v) is 4.75. The van der Waals surface area contributed by atoms with E-state index < -0.39 is 5.54 Å². The van der Waals surface area contributed by atoms with Gasteiger partial charge in [0.05, 0.1) is 12.1 Å². The molecule has 0 heterocycles. The van der Waals surface area contributed by atoms with Gasteiger partial charge in [0.1, 0.15) is 0 Å². The summed E-state index contributed by atoms with van der Waals surface area (Å²) in [5.74, 6) is 1.29. The van der Waals surface area contributed by atoms with Gasteiger partial charge in [0.25, 0.3) is 0 Å². The Morgan fingerprint density at radius 3 is 2.81 bits per heavy atom. The number of aliphatic hydroxyl groups excluding tert-OH is 1. The second-order valence-corrected chi connectivity index (χ2v) is 6.38. The third-order valence-electron chi connectivity index (χ3n) is 2.99. The fraction of sp³-hybridized carbons (Fsp3) is 0.500. The van der Waals surface area contributed by atoms with E-state index in [0.29, 0.717) is 5.92 Å². The van der Waals surface area contributed by atoms with E-state index in [2.05, 4.69) is 28.1 Å². The molecule has 1 saturated carbocycles. The average molecular weight is 302 g/mol. The number of hydrogen-bond donors (Lipinski definition) is 2. The molecule has 1 aliphatic rings. The zero-order valence-electron chi connectivity index (χ0n) is 9.03. The van der Waals surface area contributed by atoms with Crippen LogP contribution in [0.15, 0.2) is 33.6 Å². The molecule has 1 aromatic carbocycles. The lowest BCUT2D eigenvalue weighted by Gasteiger charge is -2.26. The molecule has 0 aromatic heterocycles. The topological polar surface area (TPSA) is 46.2 Å². The molecule has 0 amide bonds. The van der Waals surface area contributed by atoms with Gasteiger partial charge < -0.3 is 10.8 Å². The molecule has 16 heavy (non-hydrogen) atoms. The first-order chi connectivity index (χ1) is 7.64. The Morgan fingerprint density at radius 1 is 1.50 bits per heavy atom. The molecular formula is C12H16BrNOS. The molecule has 0 aliphatic heterocycles. The number of aliphatic hydroxyl groups is 1. The molecule has 1 aromatic rings. The SMILES string of the molecule is NC(CO)(CSc1cccc(Br)c1)C1CC1. The lowest BCUT2D eigenvalue weighted by molar-refractivity contribution is 0.194. The average Bonchev–Trinajstić information content (AvgIpc) is 3.10. The summed E-state index contributed by atoms with van der Waals surface area (Å²) in [5.41, 5.74) is 5.81. The van der Waals surface area contributed by atoms with Crippen molar-refractivity contribution in [2.45, 2.75) is 23.3 Å². The van der Waals surface area contributed by atoms with Crippen LogP contribution in [0.25, 0.3) is 0 Å². The Bertz CT molecular complexity index is 370. The molecule has 0 saturated heterocycles. The van der Waals surface area contributed by atoms with E-state index in [4.69, 9.17) is 5.73 Å². The van der Waals surface area contributed by atoms with Crippen LogP contribution in [0.2, 0.25) is 0 Å². The highest BCUT2D eigenvalue weighted by molar-refractivity contribution is 9.10. The number of thioether (sulfide) groups is 1. The van der Waals surface area contributed by atoms with E-state index in [1.165, 1.54) is 4.90 Å². The largest absolute Gasteiger partial charge is 0.394 e. The van der Waals surface area contributed by atoms with E-state index in [1.807, 2.05) is 12.1 Å².